The number of aliphatic carboxylic acids is 1. The van der Waals surface area contributed by atoms with Crippen molar-refractivity contribution in [2.24, 2.45) is 0 Å². The molecule has 1 N–H and O–H groups in total. The second kappa shape index (κ2) is 4.71. The fraction of sp³-hybridized carbons (Fsp3) is 0.714. The fourth-order valence-electron chi connectivity index (χ4n) is 0.659. The first-order valence-electron chi connectivity index (χ1n) is 3.54. The van der Waals surface area contributed by atoms with Crippen LogP contribution in [-0.2, 0) is 9.59 Å². The van der Waals surface area contributed by atoms with Crippen LogP contribution >= 0.6 is 0 Å². The molecule has 0 aromatic carbocycles. The van der Waals surface area contributed by atoms with Gasteiger partial charge in [0.25, 0.3) is 0 Å². The number of amides is 1. The molecule has 0 aliphatic carbocycles. The van der Waals surface area contributed by atoms with Crippen molar-refractivity contribution in [1.82, 2.24) is 9.80 Å². The van der Waals surface area contributed by atoms with Crippen LogP contribution in [-0.4, -0.2) is 61.0 Å². The first-order chi connectivity index (χ1) is 5.43. The Morgan fingerprint density at radius 2 is 1.67 bits per heavy atom. The monoisotopic (exact) mass is 174 g/mol. The van der Waals surface area contributed by atoms with Gasteiger partial charge in [-0.2, -0.15) is 0 Å². The summed E-state index contributed by atoms with van der Waals surface area (Å²) in [4.78, 5) is 24.1. The van der Waals surface area contributed by atoms with Crippen LogP contribution in [0.1, 0.15) is 0 Å². The standard InChI is InChI=1S/C7H14N2O3/c1-8(2)6(10)4-9(3)5-7(11)12/h4-5H2,1-3H3,(H,11,12). The van der Waals surface area contributed by atoms with Gasteiger partial charge in [0.05, 0.1) is 13.1 Å². The summed E-state index contributed by atoms with van der Waals surface area (Å²) in [6.07, 6.45) is 0. The van der Waals surface area contributed by atoms with Gasteiger partial charge in [-0.25, -0.2) is 0 Å². The molecule has 0 atom stereocenters. The van der Waals surface area contributed by atoms with E-state index in [-0.39, 0.29) is 19.0 Å². The van der Waals surface area contributed by atoms with Crippen LogP contribution in [0, 0.1) is 0 Å². The van der Waals surface area contributed by atoms with E-state index in [2.05, 4.69) is 0 Å². The predicted octanol–water partition coefficient (Wildman–Crippen LogP) is -0.909. The lowest BCUT2D eigenvalue weighted by atomic mass is 10.4. The molecule has 0 aliphatic rings. The Hall–Kier alpha value is -1.10. The molecule has 5 heteroatoms. The molecule has 0 radical (unpaired) electrons. The van der Waals surface area contributed by atoms with Gasteiger partial charge in [0.1, 0.15) is 0 Å². The average Bonchev–Trinajstić information content (AvgIpc) is 1.84. The van der Waals surface area contributed by atoms with Gasteiger partial charge in [-0.1, -0.05) is 0 Å². The van der Waals surface area contributed by atoms with Crippen molar-refractivity contribution < 1.29 is 14.7 Å². The Kier molecular flexibility index (Phi) is 4.28. The Balaban J connectivity index is 3.76. The maximum atomic E-state index is 11.0. The van der Waals surface area contributed by atoms with E-state index in [4.69, 9.17) is 5.11 Å². The Labute approximate surface area is 71.6 Å². The van der Waals surface area contributed by atoms with Crippen LogP contribution in [0.5, 0.6) is 0 Å². The molecule has 0 aromatic rings. The number of carboxylic acid groups (broad SMARTS) is 1. The van der Waals surface area contributed by atoms with E-state index in [1.807, 2.05) is 0 Å². The molecule has 0 aromatic heterocycles. The molecule has 0 unspecified atom stereocenters. The molecule has 0 fully saturated rings. The van der Waals surface area contributed by atoms with E-state index in [1.54, 1.807) is 21.1 Å². The zero-order chi connectivity index (χ0) is 9.72. The third-order valence-electron chi connectivity index (χ3n) is 1.31. The first-order valence-corrected chi connectivity index (χ1v) is 3.54. The van der Waals surface area contributed by atoms with Crippen LogP contribution in [0.15, 0.2) is 0 Å². The number of carbonyl (C=O) groups is 2. The molecule has 0 rings (SSSR count). The molecular weight excluding hydrogens is 160 g/mol. The van der Waals surface area contributed by atoms with E-state index in [0.717, 1.165) is 0 Å². The topological polar surface area (TPSA) is 60.9 Å². The van der Waals surface area contributed by atoms with Crippen molar-refractivity contribution in [2.45, 2.75) is 0 Å². The summed E-state index contributed by atoms with van der Waals surface area (Å²) in [5.41, 5.74) is 0. The predicted molar refractivity (Wildman–Crippen MR) is 43.8 cm³/mol. The summed E-state index contributed by atoms with van der Waals surface area (Å²) in [5, 5.41) is 8.37. The molecule has 0 bridgehead atoms. The summed E-state index contributed by atoms with van der Waals surface area (Å²) < 4.78 is 0. The maximum Gasteiger partial charge on any atom is 0.317 e. The van der Waals surface area contributed by atoms with Crippen LogP contribution in [0.4, 0.5) is 0 Å². The highest BCUT2D eigenvalue weighted by Gasteiger charge is 2.10. The van der Waals surface area contributed by atoms with E-state index in [0.29, 0.717) is 0 Å². The molecule has 70 valence electrons. The van der Waals surface area contributed by atoms with Gasteiger partial charge in [0.15, 0.2) is 0 Å². The van der Waals surface area contributed by atoms with E-state index in [9.17, 15) is 9.59 Å². The smallest absolute Gasteiger partial charge is 0.317 e. The van der Waals surface area contributed by atoms with E-state index < -0.39 is 5.97 Å². The molecular formula is C7H14N2O3. The van der Waals surface area contributed by atoms with Crippen molar-refractivity contribution in [3.63, 3.8) is 0 Å². The molecule has 12 heavy (non-hydrogen) atoms. The number of likely N-dealkylation sites (N-methyl/N-ethyl adjacent to an activating group) is 2. The summed E-state index contributed by atoms with van der Waals surface area (Å²) in [6, 6.07) is 0. The first kappa shape index (κ1) is 10.9. The number of carboxylic acids is 1. The molecule has 0 heterocycles. The number of hydrogen-bond acceptors (Lipinski definition) is 3. The van der Waals surface area contributed by atoms with Gasteiger partial charge < -0.3 is 10.0 Å². The van der Waals surface area contributed by atoms with Gasteiger partial charge in [0, 0.05) is 14.1 Å². The van der Waals surface area contributed by atoms with Crippen LogP contribution in [0.25, 0.3) is 0 Å². The third-order valence-corrected chi connectivity index (χ3v) is 1.31. The molecule has 1 amide bonds. The third kappa shape index (κ3) is 4.68. The van der Waals surface area contributed by atoms with Gasteiger partial charge >= 0.3 is 5.97 Å². The molecule has 0 saturated heterocycles. The Morgan fingerprint density at radius 3 is 2.00 bits per heavy atom. The largest absolute Gasteiger partial charge is 0.480 e. The van der Waals surface area contributed by atoms with Crippen LogP contribution in [0.2, 0.25) is 0 Å². The van der Waals surface area contributed by atoms with Crippen molar-refractivity contribution in [1.29, 1.82) is 0 Å². The number of nitrogens with zero attached hydrogens (tertiary/aromatic N) is 2. The van der Waals surface area contributed by atoms with E-state index >= 15 is 0 Å². The summed E-state index contributed by atoms with van der Waals surface area (Å²) in [7, 11) is 4.86. The van der Waals surface area contributed by atoms with Gasteiger partial charge in [-0.05, 0) is 7.05 Å². The van der Waals surface area contributed by atoms with Gasteiger partial charge in [0.2, 0.25) is 5.91 Å². The lowest BCUT2D eigenvalue weighted by molar-refractivity contribution is -0.138. The van der Waals surface area contributed by atoms with Crippen molar-refractivity contribution in [2.75, 3.05) is 34.2 Å². The zero-order valence-electron chi connectivity index (χ0n) is 7.57. The summed E-state index contributed by atoms with van der Waals surface area (Å²) in [6.45, 7) is 0.0267. The summed E-state index contributed by atoms with van der Waals surface area (Å²) >= 11 is 0. The molecule has 0 saturated carbocycles. The van der Waals surface area contributed by atoms with E-state index in [1.165, 1.54) is 9.80 Å². The number of carbonyl (C=O) groups excluding carboxylic acids is 1. The number of rotatable bonds is 4. The van der Waals surface area contributed by atoms with Crippen molar-refractivity contribution in [3.8, 4) is 0 Å². The minimum absolute atomic E-state index is 0.0984. The highest BCUT2D eigenvalue weighted by Crippen LogP contribution is 1.85. The quantitative estimate of drug-likeness (QED) is 0.599. The maximum absolute atomic E-state index is 11.0. The van der Waals surface area contributed by atoms with Crippen LogP contribution < -0.4 is 0 Å². The lowest BCUT2D eigenvalue weighted by Gasteiger charge is -2.16. The average molecular weight is 174 g/mol. The lowest BCUT2D eigenvalue weighted by Crippen LogP contribution is -2.36. The molecule has 0 aliphatic heterocycles. The highest BCUT2D eigenvalue weighted by molar-refractivity contribution is 5.78. The normalized spacial score (nSPS) is 10.0. The second-order valence-electron chi connectivity index (χ2n) is 2.85. The number of hydrogen-bond donors (Lipinski definition) is 1. The summed E-state index contributed by atoms with van der Waals surface area (Å²) in [5.74, 6) is -1.03. The highest BCUT2D eigenvalue weighted by atomic mass is 16.4. The van der Waals surface area contributed by atoms with Crippen molar-refractivity contribution >= 4 is 11.9 Å². The van der Waals surface area contributed by atoms with Crippen LogP contribution in [0.3, 0.4) is 0 Å². The minimum atomic E-state index is -0.927. The minimum Gasteiger partial charge on any atom is -0.480 e. The van der Waals surface area contributed by atoms with Gasteiger partial charge in [-0.3, -0.25) is 14.5 Å². The zero-order valence-corrected chi connectivity index (χ0v) is 7.57. The SMILES string of the molecule is CN(CC(=O)O)CC(=O)N(C)C. The Bertz CT molecular complexity index is 179. The molecule has 5 nitrogen and oxygen atoms in total. The molecule has 0 spiro atoms. The fourth-order valence-corrected chi connectivity index (χ4v) is 0.659. The van der Waals surface area contributed by atoms with Crippen molar-refractivity contribution in [3.05, 3.63) is 0 Å². The Morgan fingerprint density at radius 1 is 1.17 bits per heavy atom. The second-order valence-corrected chi connectivity index (χ2v) is 2.85. The van der Waals surface area contributed by atoms with Gasteiger partial charge in [-0.15, -0.1) is 0 Å².